The number of halogens is 2. The first kappa shape index (κ1) is 16.4. The Morgan fingerprint density at radius 1 is 1.42 bits per heavy atom. The molecule has 0 aliphatic heterocycles. The fourth-order valence-electron chi connectivity index (χ4n) is 3.14. The van der Waals surface area contributed by atoms with Crippen LogP contribution in [-0.2, 0) is 29.0 Å². The van der Waals surface area contributed by atoms with E-state index in [1.54, 1.807) is 22.7 Å². The Kier molecular flexibility index (Phi) is 3.71. The van der Waals surface area contributed by atoms with Gasteiger partial charge in [-0.2, -0.15) is 0 Å². The van der Waals surface area contributed by atoms with Crippen LogP contribution in [0.5, 0.6) is 0 Å². The van der Waals surface area contributed by atoms with Gasteiger partial charge < -0.3 is 4.74 Å². The van der Waals surface area contributed by atoms with Crippen LogP contribution in [0.25, 0.3) is 4.96 Å². The number of hydrogen-bond acceptors (Lipinski definition) is 5. The normalized spacial score (nSPS) is 24.6. The van der Waals surface area contributed by atoms with Crippen molar-refractivity contribution in [1.29, 1.82) is 0 Å². The molecule has 0 unspecified atom stereocenters. The third-order valence-corrected chi connectivity index (χ3v) is 7.12. The fraction of sp³-hybridized carbons (Fsp3) is 0.562. The second-order valence-corrected chi connectivity index (χ2v) is 9.22. The summed E-state index contributed by atoms with van der Waals surface area (Å²) in [5.41, 5.74) is 0.539. The Hall–Kier alpha value is -1.11. The van der Waals surface area contributed by atoms with Crippen LogP contribution in [0.4, 0.5) is 0 Å². The Labute approximate surface area is 152 Å². The first-order valence-electron chi connectivity index (χ1n) is 7.90. The molecule has 2 heterocycles. The standard InChI is InChI=1S/C16H16Cl2N2O3S/c1-15(8-16(15,17)18)13(22)23-7-9-6-12(21)20-10-4-2-3-5-11(10)24-14(20)19-9/h6H,2-5,7-8H2,1H3/t15-/m0/s1. The summed E-state index contributed by atoms with van der Waals surface area (Å²) in [5.74, 6) is -0.458. The van der Waals surface area contributed by atoms with Crippen LogP contribution in [-0.4, -0.2) is 19.7 Å². The Morgan fingerprint density at radius 2 is 2.12 bits per heavy atom. The molecule has 1 atom stereocenters. The van der Waals surface area contributed by atoms with E-state index in [1.807, 2.05) is 0 Å². The monoisotopic (exact) mass is 386 g/mol. The number of aromatic nitrogens is 2. The van der Waals surface area contributed by atoms with Crippen molar-refractivity contribution in [3.05, 3.63) is 32.7 Å². The van der Waals surface area contributed by atoms with E-state index in [4.69, 9.17) is 27.9 Å². The number of aryl methyl sites for hydroxylation is 2. The van der Waals surface area contributed by atoms with Gasteiger partial charge in [0.15, 0.2) is 4.96 Å². The van der Waals surface area contributed by atoms with Gasteiger partial charge in [-0.25, -0.2) is 4.98 Å². The first-order chi connectivity index (χ1) is 11.3. The van der Waals surface area contributed by atoms with E-state index in [0.717, 1.165) is 31.4 Å². The van der Waals surface area contributed by atoms with E-state index >= 15 is 0 Å². The molecule has 8 heteroatoms. The molecule has 2 aromatic rings. The van der Waals surface area contributed by atoms with Gasteiger partial charge in [-0.15, -0.1) is 34.5 Å². The predicted octanol–water partition coefficient (Wildman–Crippen LogP) is 3.26. The quantitative estimate of drug-likeness (QED) is 0.599. The maximum absolute atomic E-state index is 12.4. The van der Waals surface area contributed by atoms with Crippen LogP contribution in [0.2, 0.25) is 0 Å². The summed E-state index contributed by atoms with van der Waals surface area (Å²) in [5, 5.41) is 0. The molecule has 0 saturated heterocycles. The highest BCUT2D eigenvalue weighted by Crippen LogP contribution is 2.64. The lowest BCUT2D eigenvalue weighted by Gasteiger charge is -2.12. The average Bonchev–Trinajstić information content (AvgIpc) is 2.90. The minimum absolute atomic E-state index is 0.0490. The van der Waals surface area contributed by atoms with E-state index < -0.39 is 15.7 Å². The van der Waals surface area contributed by atoms with Crippen molar-refractivity contribution in [1.82, 2.24) is 9.38 Å². The molecule has 5 nitrogen and oxygen atoms in total. The molecule has 0 spiro atoms. The minimum atomic E-state index is -1.06. The number of ether oxygens (including phenoxy) is 1. The molecule has 0 amide bonds. The summed E-state index contributed by atoms with van der Waals surface area (Å²) >= 11 is 13.5. The molecule has 2 aliphatic rings. The highest BCUT2D eigenvalue weighted by Gasteiger charge is 2.69. The van der Waals surface area contributed by atoms with Crippen LogP contribution < -0.4 is 5.56 Å². The highest BCUT2D eigenvalue weighted by molar-refractivity contribution is 7.17. The number of thiazole rings is 1. The van der Waals surface area contributed by atoms with Gasteiger partial charge >= 0.3 is 5.97 Å². The lowest BCUT2D eigenvalue weighted by atomic mass is 10.0. The smallest absolute Gasteiger partial charge is 0.315 e. The Morgan fingerprint density at radius 3 is 2.83 bits per heavy atom. The molecule has 0 N–H and O–H groups in total. The molecule has 0 radical (unpaired) electrons. The van der Waals surface area contributed by atoms with Crippen LogP contribution in [0.3, 0.4) is 0 Å². The van der Waals surface area contributed by atoms with E-state index in [0.29, 0.717) is 17.1 Å². The summed E-state index contributed by atoms with van der Waals surface area (Å²) in [6.45, 7) is 1.63. The zero-order valence-corrected chi connectivity index (χ0v) is 15.4. The van der Waals surface area contributed by atoms with Crippen molar-refractivity contribution in [2.45, 2.75) is 50.0 Å². The number of carbonyl (C=O) groups excluding carboxylic acids is 1. The summed E-state index contributed by atoms with van der Waals surface area (Å²) in [6.07, 6.45) is 4.53. The lowest BCUT2D eigenvalue weighted by Crippen LogP contribution is -2.22. The number of alkyl halides is 2. The van der Waals surface area contributed by atoms with Gasteiger partial charge in [-0.1, -0.05) is 0 Å². The van der Waals surface area contributed by atoms with E-state index in [9.17, 15) is 9.59 Å². The maximum Gasteiger partial charge on any atom is 0.315 e. The summed E-state index contributed by atoms with van der Waals surface area (Å²) in [7, 11) is 0. The van der Waals surface area contributed by atoms with Crippen LogP contribution in [0.15, 0.2) is 10.9 Å². The van der Waals surface area contributed by atoms with Crippen molar-refractivity contribution in [2.24, 2.45) is 5.41 Å². The zero-order chi connectivity index (χ0) is 17.1. The van der Waals surface area contributed by atoms with Crippen LogP contribution >= 0.6 is 34.5 Å². The molecule has 2 aromatic heterocycles. The average molecular weight is 387 g/mol. The van der Waals surface area contributed by atoms with E-state index in [2.05, 4.69) is 4.98 Å². The van der Waals surface area contributed by atoms with Crippen molar-refractivity contribution in [3.63, 3.8) is 0 Å². The van der Waals surface area contributed by atoms with Crippen LogP contribution in [0, 0.1) is 5.41 Å². The molecular weight excluding hydrogens is 371 g/mol. The topological polar surface area (TPSA) is 60.7 Å². The van der Waals surface area contributed by atoms with Crippen molar-refractivity contribution in [2.75, 3.05) is 0 Å². The van der Waals surface area contributed by atoms with Crippen molar-refractivity contribution in [3.8, 4) is 0 Å². The van der Waals surface area contributed by atoms with Gasteiger partial charge in [0.1, 0.15) is 16.4 Å². The summed E-state index contributed by atoms with van der Waals surface area (Å²) < 4.78 is 5.91. The van der Waals surface area contributed by atoms with Gasteiger partial charge in [0, 0.05) is 23.1 Å². The first-order valence-corrected chi connectivity index (χ1v) is 9.47. The third-order valence-electron chi connectivity index (χ3n) is 4.87. The highest BCUT2D eigenvalue weighted by atomic mass is 35.5. The number of nitrogens with zero attached hydrogens (tertiary/aromatic N) is 2. The lowest BCUT2D eigenvalue weighted by molar-refractivity contribution is -0.151. The number of fused-ring (bicyclic) bond motifs is 3. The molecule has 1 fully saturated rings. The second kappa shape index (κ2) is 5.44. The zero-order valence-electron chi connectivity index (χ0n) is 13.1. The largest absolute Gasteiger partial charge is 0.459 e. The number of esters is 1. The van der Waals surface area contributed by atoms with Gasteiger partial charge in [-0.05, 0) is 32.6 Å². The fourth-order valence-corrected chi connectivity index (χ4v) is 5.06. The molecule has 0 aromatic carbocycles. The SMILES string of the molecule is C[C@@]1(C(=O)OCc2cc(=O)n3c4c(sc3n2)CCCC4)CC1(Cl)Cl. The molecule has 128 valence electrons. The minimum Gasteiger partial charge on any atom is -0.459 e. The maximum atomic E-state index is 12.4. The summed E-state index contributed by atoms with van der Waals surface area (Å²) in [4.78, 5) is 31.0. The third kappa shape index (κ3) is 2.47. The molecule has 24 heavy (non-hydrogen) atoms. The molecule has 1 saturated carbocycles. The predicted molar refractivity (Wildman–Crippen MR) is 92.9 cm³/mol. The van der Waals surface area contributed by atoms with Crippen molar-refractivity contribution >= 4 is 45.5 Å². The molecular formula is C16H16Cl2N2O3S. The second-order valence-electron chi connectivity index (χ2n) is 6.67. The Bertz CT molecular complexity index is 905. The number of carbonyl (C=O) groups is 1. The van der Waals surface area contributed by atoms with Gasteiger partial charge in [0.05, 0.1) is 5.69 Å². The molecule has 2 aliphatic carbocycles. The summed E-state index contributed by atoms with van der Waals surface area (Å²) in [6, 6.07) is 1.44. The number of hydrogen-bond donors (Lipinski definition) is 0. The van der Waals surface area contributed by atoms with E-state index in [-0.39, 0.29) is 12.2 Å². The number of rotatable bonds is 3. The van der Waals surface area contributed by atoms with Gasteiger partial charge in [0.25, 0.3) is 5.56 Å². The van der Waals surface area contributed by atoms with E-state index in [1.165, 1.54) is 10.9 Å². The van der Waals surface area contributed by atoms with Crippen molar-refractivity contribution < 1.29 is 9.53 Å². The van der Waals surface area contributed by atoms with Gasteiger partial charge in [0.2, 0.25) is 0 Å². The van der Waals surface area contributed by atoms with Crippen LogP contribution in [0.1, 0.15) is 42.5 Å². The Balaban J connectivity index is 1.58. The molecule has 0 bridgehead atoms. The molecule has 4 rings (SSSR count). The van der Waals surface area contributed by atoms with Gasteiger partial charge in [-0.3, -0.25) is 14.0 Å².